The van der Waals surface area contributed by atoms with Crippen molar-refractivity contribution < 1.29 is 18.4 Å². The van der Waals surface area contributed by atoms with E-state index >= 15 is 0 Å². The highest BCUT2D eigenvalue weighted by Gasteiger charge is 2.27. The Balaban J connectivity index is 1.52. The molecule has 10 nitrogen and oxygen atoms in total. The van der Waals surface area contributed by atoms with Crippen LogP contribution in [0.4, 0.5) is 25.1 Å². The Morgan fingerprint density at radius 1 is 1.03 bits per heavy atom. The standard InChI is InChI=1S/C21H14F2N8O2/c22-15-2-1-3-16(18(15)23)31-20(27-28-29-31)14-8-12(9-25-19(14)24)11-4-6-13(7-5-11)30-10-17(32)26-21(30)33/h1-9H,10H2,(H2,24,25)(H,26,32,33). The number of carbonyl (C=O) groups excluding carboxylic acids is 2. The Morgan fingerprint density at radius 2 is 1.82 bits per heavy atom. The minimum Gasteiger partial charge on any atom is -0.383 e. The van der Waals surface area contributed by atoms with Gasteiger partial charge in [-0.25, -0.2) is 18.6 Å². The first-order valence-electron chi connectivity index (χ1n) is 9.63. The average Bonchev–Trinajstić information content (AvgIpc) is 3.42. The molecule has 1 fully saturated rings. The van der Waals surface area contributed by atoms with Gasteiger partial charge in [-0.05, 0) is 46.3 Å². The molecule has 33 heavy (non-hydrogen) atoms. The van der Waals surface area contributed by atoms with Crippen molar-refractivity contribution in [2.45, 2.75) is 0 Å². The maximum Gasteiger partial charge on any atom is 0.329 e. The summed E-state index contributed by atoms with van der Waals surface area (Å²) in [5.74, 6) is -2.34. The second-order valence-corrected chi connectivity index (χ2v) is 7.13. The summed E-state index contributed by atoms with van der Waals surface area (Å²) in [7, 11) is 0. The number of imide groups is 1. The van der Waals surface area contributed by atoms with Crippen molar-refractivity contribution in [2.75, 3.05) is 17.2 Å². The van der Waals surface area contributed by atoms with Crippen molar-refractivity contribution in [1.82, 2.24) is 30.5 Å². The minimum absolute atomic E-state index is 0.0505. The number of pyridine rings is 1. The highest BCUT2D eigenvalue weighted by molar-refractivity contribution is 6.12. The number of urea groups is 1. The van der Waals surface area contributed by atoms with Gasteiger partial charge in [0.2, 0.25) is 5.91 Å². The molecule has 4 aromatic rings. The second-order valence-electron chi connectivity index (χ2n) is 7.13. The molecule has 3 heterocycles. The van der Waals surface area contributed by atoms with E-state index in [0.717, 1.165) is 16.3 Å². The zero-order valence-corrected chi connectivity index (χ0v) is 16.7. The highest BCUT2D eigenvalue weighted by Crippen LogP contribution is 2.31. The van der Waals surface area contributed by atoms with Crippen LogP contribution in [0.5, 0.6) is 0 Å². The Labute approximate surface area is 184 Å². The predicted octanol–water partition coefficient (Wildman–Crippen LogP) is 2.31. The van der Waals surface area contributed by atoms with Gasteiger partial charge in [0.05, 0.1) is 5.56 Å². The predicted molar refractivity (Wildman–Crippen MR) is 113 cm³/mol. The summed E-state index contributed by atoms with van der Waals surface area (Å²) >= 11 is 0. The molecule has 0 spiro atoms. The topological polar surface area (TPSA) is 132 Å². The zero-order chi connectivity index (χ0) is 23.1. The van der Waals surface area contributed by atoms with Crippen molar-refractivity contribution in [1.29, 1.82) is 0 Å². The van der Waals surface area contributed by atoms with E-state index in [4.69, 9.17) is 5.73 Å². The van der Waals surface area contributed by atoms with E-state index < -0.39 is 17.7 Å². The van der Waals surface area contributed by atoms with Crippen LogP contribution < -0.4 is 16.0 Å². The van der Waals surface area contributed by atoms with Crippen molar-refractivity contribution in [3.63, 3.8) is 0 Å². The Hall–Kier alpha value is -4.74. The number of tetrazole rings is 1. The van der Waals surface area contributed by atoms with Crippen LogP contribution in [0.25, 0.3) is 28.2 Å². The lowest BCUT2D eigenvalue weighted by molar-refractivity contribution is -0.117. The molecule has 2 aromatic carbocycles. The lowest BCUT2D eigenvalue weighted by atomic mass is 10.0. The average molecular weight is 448 g/mol. The number of aromatic nitrogens is 5. The van der Waals surface area contributed by atoms with Gasteiger partial charge >= 0.3 is 6.03 Å². The van der Waals surface area contributed by atoms with Crippen LogP contribution in [0.1, 0.15) is 0 Å². The molecular weight excluding hydrogens is 434 g/mol. The number of nitrogens with one attached hydrogen (secondary N) is 1. The summed E-state index contributed by atoms with van der Waals surface area (Å²) in [6.07, 6.45) is 1.54. The fourth-order valence-electron chi connectivity index (χ4n) is 3.47. The molecule has 3 amide bonds. The summed E-state index contributed by atoms with van der Waals surface area (Å²) in [6.45, 7) is -0.0505. The van der Waals surface area contributed by atoms with Crippen LogP contribution in [-0.4, -0.2) is 43.7 Å². The normalized spacial score (nSPS) is 13.5. The molecule has 0 bridgehead atoms. The Morgan fingerprint density at radius 3 is 2.55 bits per heavy atom. The fraction of sp³-hybridized carbons (Fsp3) is 0.0476. The number of nitrogens with zero attached hydrogens (tertiary/aromatic N) is 6. The number of nitrogens with two attached hydrogens (primary N) is 1. The number of hydrogen-bond acceptors (Lipinski definition) is 7. The van der Waals surface area contributed by atoms with Crippen LogP contribution in [-0.2, 0) is 4.79 Å². The van der Waals surface area contributed by atoms with Crippen molar-refractivity contribution >= 4 is 23.4 Å². The molecule has 5 rings (SSSR count). The van der Waals surface area contributed by atoms with E-state index in [-0.39, 0.29) is 29.8 Å². The molecule has 0 aliphatic carbocycles. The number of hydrogen-bond donors (Lipinski definition) is 2. The van der Waals surface area contributed by atoms with Gasteiger partial charge in [-0.15, -0.1) is 5.10 Å². The van der Waals surface area contributed by atoms with Crippen molar-refractivity contribution in [2.24, 2.45) is 0 Å². The zero-order valence-electron chi connectivity index (χ0n) is 16.7. The third-order valence-electron chi connectivity index (χ3n) is 5.09. The maximum absolute atomic E-state index is 14.3. The van der Waals surface area contributed by atoms with Crippen LogP contribution in [0, 0.1) is 11.6 Å². The SMILES string of the molecule is Nc1ncc(-c2ccc(N3CC(=O)NC3=O)cc2)cc1-c1nnnn1-c1cccc(F)c1F. The summed E-state index contributed by atoms with van der Waals surface area (Å²) in [5, 5.41) is 13.5. The molecular formula is C21H14F2N8O2. The molecule has 0 unspecified atom stereocenters. The second kappa shape index (κ2) is 7.75. The minimum atomic E-state index is -1.10. The van der Waals surface area contributed by atoms with Crippen LogP contribution in [0.2, 0.25) is 0 Å². The van der Waals surface area contributed by atoms with Gasteiger partial charge in [0.1, 0.15) is 18.1 Å². The maximum atomic E-state index is 14.3. The quantitative estimate of drug-likeness (QED) is 0.458. The fourth-order valence-corrected chi connectivity index (χ4v) is 3.47. The monoisotopic (exact) mass is 448 g/mol. The molecule has 3 N–H and O–H groups in total. The molecule has 1 saturated heterocycles. The summed E-state index contributed by atoms with van der Waals surface area (Å²) in [4.78, 5) is 28.8. The van der Waals surface area contributed by atoms with Gasteiger partial charge in [0, 0.05) is 17.4 Å². The van der Waals surface area contributed by atoms with Gasteiger partial charge in [-0.2, -0.15) is 4.68 Å². The van der Waals surface area contributed by atoms with E-state index in [1.807, 2.05) is 0 Å². The molecule has 2 aromatic heterocycles. The molecule has 164 valence electrons. The number of anilines is 2. The van der Waals surface area contributed by atoms with Gasteiger partial charge in [0.15, 0.2) is 17.5 Å². The van der Waals surface area contributed by atoms with Crippen LogP contribution in [0.3, 0.4) is 0 Å². The van der Waals surface area contributed by atoms with E-state index in [2.05, 4.69) is 25.8 Å². The van der Waals surface area contributed by atoms with Gasteiger partial charge in [-0.3, -0.25) is 15.0 Å². The molecule has 0 radical (unpaired) electrons. The first-order chi connectivity index (χ1) is 15.9. The molecule has 0 atom stereocenters. The summed E-state index contributed by atoms with van der Waals surface area (Å²) in [5.41, 5.74) is 8.10. The number of carbonyl (C=O) groups is 2. The molecule has 0 saturated carbocycles. The smallest absolute Gasteiger partial charge is 0.329 e. The van der Waals surface area contributed by atoms with Gasteiger partial charge in [-0.1, -0.05) is 18.2 Å². The lowest BCUT2D eigenvalue weighted by Crippen LogP contribution is -2.27. The largest absolute Gasteiger partial charge is 0.383 e. The summed E-state index contributed by atoms with van der Waals surface area (Å²) in [6, 6.07) is 11.7. The first-order valence-corrected chi connectivity index (χ1v) is 9.63. The molecule has 1 aliphatic heterocycles. The highest BCUT2D eigenvalue weighted by atomic mass is 19.2. The third-order valence-corrected chi connectivity index (χ3v) is 5.09. The molecule has 12 heteroatoms. The number of amides is 3. The van der Waals surface area contributed by atoms with E-state index in [9.17, 15) is 18.4 Å². The summed E-state index contributed by atoms with van der Waals surface area (Å²) < 4.78 is 29.1. The van der Waals surface area contributed by atoms with Crippen LogP contribution >= 0.6 is 0 Å². The van der Waals surface area contributed by atoms with Crippen LogP contribution in [0.15, 0.2) is 54.7 Å². The number of halogens is 2. The van der Waals surface area contributed by atoms with Gasteiger partial charge in [0.25, 0.3) is 0 Å². The van der Waals surface area contributed by atoms with E-state index in [1.54, 1.807) is 30.3 Å². The lowest BCUT2D eigenvalue weighted by Gasteiger charge is -2.14. The third kappa shape index (κ3) is 3.52. The van der Waals surface area contributed by atoms with Crippen molar-refractivity contribution in [3.05, 3.63) is 66.4 Å². The number of nitrogen functional groups attached to an aromatic ring is 1. The van der Waals surface area contributed by atoms with Crippen molar-refractivity contribution in [3.8, 4) is 28.2 Å². The van der Waals surface area contributed by atoms with E-state index in [0.29, 0.717) is 16.8 Å². The van der Waals surface area contributed by atoms with Gasteiger partial charge < -0.3 is 5.73 Å². The number of rotatable bonds is 4. The first kappa shape index (κ1) is 20.2. The Bertz CT molecular complexity index is 1400. The number of benzene rings is 2. The van der Waals surface area contributed by atoms with E-state index in [1.165, 1.54) is 23.2 Å². The molecule has 1 aliphatic rings. The Kier molecular flexibility index (Phi) is 4.74.